The van der Waals surface area contributed by atoms with E-state index in [1.165, 1.54) is 19.3 Å². The van der Waals surface area contributed by atoms with E-state index in [0.29, 0.717) is 18.3 Å². The van der Waals surface area contributed by atoms with E-state index in [1.807, 2.05) is 12.3 Å². The van der Waals surface area contributed by atoms with Gasteiger partial charge in [0.15, 0.2) is 0 Å². The van der Waals surface area contributed by atoms with Gasteiger partial charge in [-0.1, -0.05) is 18.9 Å². The quantitative estimate of drug-likeness (QED) is 0.713. The molecule has 1 N–H and O–H groups in total. The number of rotatable bonds is 1. The maximum atomic E-state index is 11.6. The molecule has 15 heavy (non-hydrogen) atoms. The monoisotopic (exact) mass is 207 g/mol. The summed E-state index contributed by atoms with van der Waals surface area (Å²) in [5.74, 6) is 0.403. The molecule has 1 saturated carbocycles. The summed E-state index contributed by atoms with van der Waals surface area (Å²) < 4.78 is 0. The van der Waals surface area contributed by atoms with E-state index in [0.717, 1.165) is 13.0 Å². The van der Waals surface area contributed by atoms with Crippen molar-refractivity contribution in [2.75, 3.05) is 6.54 Å². The average Bonchev–Trinajstić information content (AvgIpc) is 2.73. The van der Waals surface area contributed by atoms with Crippen LogP contribution >= 0.6 is 0 Å². The van der Waals surface area contributed by atoms with Crippen LogP contribution in [0.2, 0.25) is 0 Å². The Morgan fingerprint density at radius 1 is 1.40 bits per heavy atom. The third-order valence-corrected chi connectivity index (χ3v) is 4.55. The van der Waals surface area contributed by atoms with Gasteiger partial charge < -0.3 is 10.0 Å². The van der Waals surface area contributed by atoms with Gasteiger partial charge in [0.1, 0.15) is 5.54 Å². The summed E-state index contributed by atoms with van der Waals surface area (Å²) in [6.07, 6.45) is 9.58. The summed E-state index contributed by atoms with van der Waals surface area (Å²) in [6.45, 7) is 0.966. The zero-order valence-electron chi connectivity index (χ0n) is 8.85. The topological polar surface area (TPSA) is 40.5 Å². The fourth-order valence-corrected chi connectivity index (χ4v) is 3.87. The highest BCUT2D eigenvalue weighted by molar-refractivity contribution is 5.81. The number of carbonyl (C=O) groups is 1. The average molecular weight is 207 g/mol. The second-order valence-electron chi connectivity index (χ2n) is 5.12. The van der Waals surface area contributed by atoms with Crippen LogP contribution in [0.25, 0.3) is 0 Å². The molecular formula is C12H17NO2. The summed E-state index contributed by atoms with van der Waals surface area (Å²) in [5.41, 5.74) is -0.564. The van der Waals surface area contributed by atoms with Crippen molar-refractivity contribution in [3.8, 4) is 0 Å². The predicted octanol–water partition coefficient (Wildman–Crippen LogP) is 1.85. The molecule has 1 saturated heterocycles. The number of carboxylic acid groups (broad SMARTS) is 1. The van der Waals surface area contributed by atoms with Gasteiger partial charge in [-0.2, -0.15) is 0 Å². The fraction of sp³-hybridized carbons (Fsp3) is 0.750. The molecule has 0 bridgehead atoms. The first-order valence-corrected chi connectivity index (χ1v) is 5.92. The van der Waals surface area contributed by atoms with E-state index in [1.54, 1.807) is 0 Å². The van der Waals surface area contributed by atoms with Gasteiger partial charge in [0.25, 0.3) is 0 Å². The van der Waals surface area contributed by atoms with Crippen LogP contribution in [0.1, 0.15) is 32.1 Å². The summed E-state index contributed by atoms with van der Waals surface area (Å²) >= 11 is 0. The Balaban J connectivity index is 1.98. The van der Waals surface area contributed by atoms with Gasteiger partial charge in [0.2, 0.25) is 0 Å². The minimum atomic E-state index is -0.609. The molecule has 0 unspecified atom stereocenters. The zero-order valence-corrected chi connectivity index (χ0v) is 8.85. The van der Waals surface area contributed by atoms with Gasteiger partial charge >= 0.3 is 5.97 Å². The lowest BCUT2D eigenvalue weighted by atomic mass is 9.71. The molecule has 2 heterocycles. The second kappa shape index (κ2) is 3.00. The van der Waals surface area contributed by atoms with Gasteiger partial charge in [0, 0.05) is 13.0 Å². The Morgan fingerprint density at radius 3 is 3.00 bits per heavy atom. The first-order chi connectivity index (χ1) is 7.25. The van der Waals surface area contributed by atoms with Crippen molar-refractivity contribution in [2.24, 2.45) is 11.8 Å². The minimum absolute atomic E-state index is 0.388. The van der Waals surface area contributed by atoms with Crippen LogP contribution in [-0.2, 0) is 4.79 Å². The number of carboxylic acids is 1. The lowest BCUT2D eigenvalue weighted by molar-refractivity contribution is -0.150. The molecule has 0 spiro atoms. The molecule has 3 nitrogen and oxygen atoms in total. The van der Waals surface area contributed by atoms with Crippen molar-refractivity contribution in [2.45, 2.75) is 37.6 Å². The number of aliphatic carboxylic acids is 1. The first kappa shape index (κ1) is 9.25. The molecule has 3 aliphatic rings. The van der Waals surface area contributed by atoms with E-state index < -0.39 is 11.5 Å². The number of fused-ring (bicyclic) bond motifs is 3. The Kier molecular flexibility index (Phi) is 1.85. The van der Waals surface area contributed by atoms with Gasteiger partial charge in [0.05, 0.1) is 0 Å². The molecule has 3 heteroatoms. The molecule has 1 aliphatic carbocycles. The lowest BCUT2D eigenvalue weighted by Crippen LogP contribution is -2.50. The highest BCUT2D eigenvalue weighted by Gasteiger charge is 2.58. The largest absolute Gasteiger partial charge is 0.479 e. The molecular weight excluding hydrogens is 190 g/mol. The van der Waals surface area contributed by atoms with Crippen LogP contribution in [0, 0.1) is 11.8 Å². The Morgan fingerprint density at radius 2 is 2.20 bits per heavy atom. The van der Waals surface area contributed by atoms with Crippen LogP contribution in [0.4, 0.5) is 0 Å². The van der Waals surface area contributed by atoms with Crippen molar-refractivity contribution < 1.29 is 9.90 Å². The van der Waals surface area contributed by atoms with Crippen LogP contribution in [0.5, 0.6) is 0 Å². The first-order valence-electron chi connectivity index (χ1n) is 5.92. The van der Waals surface area contributed by atoms with Gasteiger partial charge in [-0.25, -0.2) is 4.79 Å². The van der Waals surface area contributed by atoms with E-state index in [9.17, 15) is 9.90 Å². The molecule has 0 amide bonds. The minimum Gasteiger partial charge on any atom is -0.479 e. The standard InChI is InChI=1S/C12H17NO2/c14-11(15)12-6-3-7-13(12)8-9-4-1-2-5-10(9)12/h3,7,9-10H,1-2,4-6,8H2,(H,14,15)/t9-,10-,12+/m0/s1. The Bertz CT molecular complexity index is 326. The lowest BCUT2D eigenvalue weighted by Gasteiger charge is -2.36. The third kappa shape index (κ3) is 1.04. The van der Waals surface area contributed by atoms with Crippen molar-refractivity contribution >= 4 is 5.97 Å². The zero-order chi connectivity index (χ0) is 10.5. The van der Waals surface area contributed by atoms with Crippen LogP contribution < -0.4 is 0 Å². The Hall–Kier alpha value is -0.990. The van der Waals surface area contributed by atoms with E-state index in [4.69, 9.17) is 0 Å². The van der Waals surface area contributed by atoms with Crippen LogP contribution in [-0.4, -0.2) is 28.1 Å². The molecule has 3 rings (SSSR count). The SMILES string of the molecule is O=C(O)[C@]12CC=CN1C[C@@H]1CCCC[C@@H]12. The highest BCUT2D eigenvalue weighted by atomic mass is 16.4. The van der Waals surface area contributed by atoms with Gasteiger partial charge in [-0.05, 0) is 30.9 Å². The maximum absolute atomic E-state index is 11.6. The van der Waals surface area contributed by atoms with Crippen molar-refractivity contribution in [1.29, 1.82) is 0 Å². The number of nitrogens with zero attached hydrogens (tertiary/aromatic N) is 1. The summed E-state index contributed by atoms with van der Waals surface area (Å²) in [6, 6.07) is 0. The van der Waals surface area contributed by atoms with Crippen LogP contribution in [0.3, 0.4) is 0 Å². The molecule has 0 aromatic rings. The maximum Gasteiger partial charge on any atom is 0.330 e. The van der Waals surface area contributed by atoms with Crippen molar-refractivity contribution in [1.82, 2.24) is 4.90 Å². The molecule has 82 valence electrons. The van der Waals surface area contributed by atoms with Crippen molar-refractivity contribution in [3.05, 3.63) is 12.3 Å². The van der Waals surface area contributed by atoms with Crippen molar-refractivity contribution in [3.63, 3.8) is 0 Å². The highest BCUT2D eigenvalue weighted by Crippen LogP contribution is 2.50. The molecule has 3 atom stereocenters. The molecule has 0 aromatic carbocycles. The molecule has 2 fully saturated rings. The van der Waals surface area contributed by atoms with E-state index >= 15 is 0 Å². The predicted molar refractivity (Wildman–Crippen MR) is 56.3 cm³/mol. The number of hydrogen-bond donors (Lipinski definition) is 1. The Labute approximate surface area is 89.8 Å². The smallest absolute Gasteiger partial charge is 0.330 e. The third-order valence-electron chi connectivity index (χ3n) is 4.55. The number of hydrogen-bond acceptors (Lipinski definition) is 2. The van der Waals surface area contributed by atoms with E-state index in [2.05, 4.69) is 4.90 Å². The fourth-order valence-electron chi connectivity index (χ4n) is 3.87. The normalized spacial score (nSPS) is 42.8. The van der Waals surface area contributed by atoms with E-state index in [-0.39, 0.29) is 0 Å². The summed E-state index contributed by atoms with van der Waals surface area (Å²) in [7, 11) is 0. The van der Waals surface area contributed by atoms with Gasteiger partial charge in [-0.15, -0.1) is 0 Å². The summed E-state index contributed by atoms with van der Waals surface area (Å²) in [4.78, 5) is 13.7. The molecule has 2 aliphatic heterocycles. The second-order valence-corrected chi connectivity index (χ2v) is 5.12. The summed E-state index contributed by atoms with van der Waals surface area (Å²) in [5, 5.41) is 9.53. The van der Waals surface area contributed by atoms with Crippen LogP contribution in [0.15, 0.2) is 12.3 Å². The molecule has 0 radical (unpaired) electrons. The molecule has 0 aromatic heterocycles. The van der Waals surface area contributed by atoms with Gasteiger partial charge in [-0.3, -0.25) is 0 Å².